The van der Waals surface area contributed by atoms with Gasteiger partial charge in [0.15, 0.2) is 0 Å². The highest BCUT2D eigenvalue weighted by Crippen LogP contribution is 2.37. The quantitative estimate of drug-likeness (QED) is 0.187. The predicted octanol–water partition coefficient (Wildman–Crippen LogP) is 7.44. The molecule has 0 unspecified atom stereocenters. The first-order valence-electron chi connectivity index (χ1n) is 12.1. The fraction of sp³-hybridized carbons (Fsp3) is 0.161. The zero-order valence-corrected chi connectivity index (χ0v) is 21.9. The van der Waals surface area contributed by atoms with Crippen LogP contribution < -0.4 is 10.1 Å². The number of carbonyl (C=O) groups is 2. The number of ether oxygens (including phenoxy) is 2. The Kier molecular flexibility index (Phi) is 8.54. The van der Waals surface area contributed by atoms with Crippen molar-refractivity contribution in [2.75, 3.05) is 11.9 Å². The maximum Gasteiger partial charge on any atom is 0.341 e. The molecule has 0 aliphatic heterocycles. The first-order chi connectivity index (χ1) is 17.9. The predicted molar refractivity (Wildman–Crippen MR) is 150 cm³/mol. The first-order valence-corrected chi connectivity index (χ1v) is 12.9. The monoisotopic (exact) mass is 511 g/mol. The van der Waals surface area contributed by atoms with Gasteiger partial charge in [-0.25, -0.2) is 4.79 Å². The van der Waals surface area contributed by atoms with E-state index in [0.29, 0.717) is 17.2 Å². The molecule has 0 aliphatic rings. The van der Waals surface area contributed by atoms with Crippen LogP contribution in [0.5, 0.6) is 5.75 Å². The van der Waals surface area contributed by atoms with Gasteiger partial charge in [-0.05, 0) is 66.8 Å². The molecule has 5 nitrogen and oxygen atoms in total. The van der Waals surface area contributed by atoms with Gasteiger partial charge < -0.3 is 14.8 Å². The van der Waals surface area contributed by atoms with Crippen molar-refractivity contribution < 1.29 is 19.1 Å². The second-order valence-electron chi connectivity index (χ2n) is 8.54. The molecule has 0 fully saturated rings. The third kappa shape index (κ3) is 6.74. The summed E-state index contributed by atoms with van der Waals surface area (Å²) in [5, 5.41) is 5.20. The van der Waals surface area contributed by atoms with E-state index >= 15 is 0 Å². The van der Waals surface area contributed by atoms with Gasteiger partial charge in [-0.2, -0.15) is 0 Å². The molecule has 1 N–H and O–H groups in total. The molecular weight excluding hydrogens is 482 g/mol. The number of aryl methyl sites for hydroxylation is 2. The molecule has 188 valence electrons. The van der Waals surface area contributed by atoms with Gasteiger partial charge in [0, 0.05) is 17.0 Å². The molecule has 4 aromatic rings. The third-order valence-corrected chi connectivity index (χ3v) is 6.78. The van der Waals surface area contributed by atoms with Crippen LogP contribution in [0, 0.1) is 13.8 Å². The molecular formula is C31H29NO4S. The van der Waals surface area contributed by atoms with E-state index in [1.165, 1.54) is 23.0 Å². The van der Waals surface area contributed by atoms with E-state index < -0.39 is 5.97 Å². The smallest absolute Gasteiger partial charge is 0.341 e. The largest absolute Gasteiger partial charge is 0.489 e. The first kappa shape index (κ1) is 25.9. The van der Waals surface area contributed by atoms with Crippen LogP contribution in [-0.4, -0.2) is 18.5 Å². The minimum absolute atomic E-state index is 0.249. The van der Waals surface area contributed by atoms with Gasteiger partial charge in [-0.1, -0.05) is 60.7 Å². The summed E-state index contributed by atoms with van der Waals surface area (Å²) in [6.07, 6.45) is 3.17. The fourth-order valence-corrected chi connectivity index (χ4v) is 4.68. The van der Waals surface area contributed by atoms with Crippen LogP contribution in [0.4, 0.5) is 5.00 Å². The molecule has 0 saturated heterocycles. The van der Waals surface area contributed by atoms with E-state index in [2.05, 4.69) is 5.32 Å². The molecule has 1 heterocycles. The van der Waals surface area contributed by atoms with Crippen LogP contribution in [0.2, 0.25) is 0 Å². The minimum atomic E-state index is -0.456. The Bertz CT molecular complexity index is 1410. The molecule has 1 amide bonds. The molecule has 37 heavy (non-hydrogen) atoms. The summed E-state index contributed by atoms with van der Waals surface area (Å²) in [5.41, 5.74) is 6.28. The van der Waals surface area contributed by atoms with Gasteiger partial charge in [0.25, 0.3) is 0 Å². The SMILES string of the molecule is CCOC(=O)c1c(-c2ccc(C)c(C)c2)csc1NC(=O)/C=C/c1ccc(OCc2ccccc2)cc1. The van der Waals surface area contributed by atoms with Crippen molar-refractivity contribution in [3.63, 3.8) is 0 Å². The van der Waals surface area contributed by atoms with Crippen molar-refractivity contribution >= 4 is 34.3 Å². The summed E-state index contributed by atoms with van der Waals surface area (Å²) in [4.78, 5) is 25.5. The van der Waals surface area contributed by atoms with Gasteiger partial charge >= 0.3 is 5.97 Å². The van der Waals surface area contributed by atoms with Crippen molar-refractivity contribution in [2.24, 2.45) is 0 Å². The van der Waals surface area contributed by atoms with Crippen molar-refractivity contribution in [1.29, 1.82) is 0 Å². The van der Waals surface area contributed by atoms with Crippen molar-refractivity contribution in [3.05, 3.63) is 112 Å². The highest BCUT2D eigenvalue weighted by Gasteiger charge is 2.22. The average Bonchev–Trinajstić information content (AvgIpc) is 3.32. The van der Waals surface area contributed by atoms with Gasteiger partial charge in [-0.3, -0.25) is 4.79 Å². The molecule has 4 rings (SSSR count). The van der Waals surface area contributed by atoms with E-state index in [-0.39, 0.29) is 12.5 Å². The highest BCUT2D eigenvalue weighted by atomic mass is 32.1. The van der Waals surface area contributed by atoms with Gasteiger partial charge in [0.1, 0.15) is 22.9 Å². The number of hydrogen-bond donors (Lipinski definition) is 1. The van der Waals surface area contributed by atoms with Crippen LogP contribution in [0.3, 0.4) is 0 Å². The Labute approximate surface area is 221 Å². The van der Waals surface area contributed by atoms with E-state index in [9.17, 15) is 9.59 Å². The van der Waals surface area contributed by atoms with Crippen LogP contribution in [0.25, 0.3) is 17.2 Å². The molecule has 3 aromatic carbocycles. The molecule has 1 aromatic heterocycles. The number of anilines is 1. The molecule has 0 bridgehead atoms. The Morgan fingerprint density at radius 1 is 0.946 bits per heavy atom. The van der Waals surface area contributed by atoms with Crippen LogP contribution >= 0.6 is 11.3 Å². The Hall–Kier alpha value is -4.16. The molecule has 0 atom stereocenters. The fourth-order valence-electron chi connectivity index (χ4n) is 3.72. The number of esters is 1. The lowest BCUT2D eigenvalue weighted by molar-refractivity contribution is -0.111. The van der Waals surface area contributed by atoms with Crippen molar-refractivity contribution in [2.45, 2.75) is 27.4 Å². The number of nitrogens with one attached hydrogen (secondary N) is 1. The lowest BCUT2D eigenvalue weighted by Crippen LogP contribution is -2.12. The average molecular weight is 512 g/mol. The normalized spacial score (nSPS) is 10.9. The second kappa shape index (κ2) is 12.2. The molecule has 0 saturated carbocycles. The maximum atomic E-state index is 12.8. The van der Waals surface area contributed by atoms with Crippen molar-refractivity contribution in [1.82, 2.24) is 0 Å². The lowest BCUT2D eigenvalue weighted by Gasteiger charge is -2.09. The standard InChI is InChI=1S/C31H29NO4S/c1-4-35-31(34)29-27(25-14-10-21(2)22(3)18-25)20-37-30(29)32-28(33)17-13-23-11-15-26(16-12-23)36-19-24-8-6-5-7-9-24/h5-18,20H,4,19H2,1-3H3,(H,32,33)/b17-13+. The third-order valence-electron chi connectivity index (χ3n) is 5.88. The Morgan fingerprint density at radius 2 is 1.70 bits per heavy atom. The Balaban J connectivity index is 1.45. The topological polar surface area (TPSA) is 64.6 Å². The van der Waals surface area contributed by atoms with Crippen LogP contribution in [0.15, 0.2) is 84.3 Å². The second-order valence-corrected chi connectivity index (χ2v) is 9.42. The molecule has 0 spiro atoms. The summed E-state index contributed by atoms with van der Waals surface area (Å²) in [5.74, 6) is -0.0345. The number of amides is 1. The Morgan fingerprint density at radius 3 is 2.41 bits per heavy atom. The summed E-state index contributed by atoms with van der Waals surface area (Å²) in [6, 6.07) is 23.5. The van der Waals surface area contributed by atoms with Crippen LogP contribution in [-0.2, 0) is 16.1 Å². The number of carbonyl (C=O) groups excluding carboxylic acids is 2. The number of rotatable bonds is 9. The van der Waals surface area contributed by atoms with E-state index in [1.54, 1.807) is 13.0 Å². The zero-order valence-electron chi connectivity index (χ0n) is 21.1. The molecule has 0 radical (unpaired) electrons. The summed E-state index contributed by atoms with van der Waals surface area (Å²) in [6.45, 7) is 6.58. The van der Waals surface area contributed by atoms with E-state index in [0.717, 1.165) is 33.6 Å². The maximum absolute atomic E-state index is 12.8. The zero-order chi connectivity index (χ0) is 26.2. The number of hydrogen-bond acceptors (Lipinski definition) is 5. The summed E-state index contributed by atoms with van der Waals surface area (Å²) >= 11 is 1.31. The van der Waals surface area contributed by atoms with Gasteiger partial charge in [-0.15, -0.1) is 11.3 Å². The highest BCUT2D eigenvalue weighted by molar-refractivity contribution is 7.15. The molecule has 6 heteroatoms. The van der Waals surface area contributed by atoms with Gasteiger partial charge in [0.2, 0.25) is 5.91 Å². The van der Waals surface area contributed by atoms with Crippen molar-refractivity contribution in [3.8, 4) is 16.9 Å². The number of thiophene rings is 1. The number of benzene rings is 3. The lowest BCUT2D eigenvalue weighted by atomic mass is 9.99. The summed E-state index contributed by atoms with van der Waals surface area (Å²) < 4.78 is 11.1. The van der Waals surface area contributed by atoms with Crippen LogP contribution in [0.1, 0.15) is 39.5 Å². The minimum Gasteiger partial charge on any atom is -0.489 e. The summed E-state index contributed by atoms with van der Waals surface area (Å²) in [7, 11) is 0. The van der Waals surface area contributed by atoms with Gasteiger partial charge in [0.05, 0.1) is 6.61 Å². The van der Waals surface area contributed by atoms with E-state index in [1.807, 2.05) is 92.0 Å². The van der Waals surface area contributed by atoms with E-state index in [4.69, 9.17) is 9.47 Å². The molecule has 0 aliphatic carbocycles.